The molecular weight excluding hydrogens is 322 g/mol. The lowest BCUT2D eigenvalue weighted by atomic mass is 9.64. The number of furan rings is 1. The molecule has 2 atom stereocenters. The molecule has 2 N–H and O–H groups in total. The fourth-order valence-corrected chi connectivity index (χ4v) is 4.45. The molecule has 0 radical (unpaired) electrons. The van der Waals surface area contributed by atoms with E-state index in [0.717, 1.165) is 11.3 Å². The summed E-state index contributed by atoms with van der Waals surface area (Å²) < 4.78 is 5.15. The number of rotatable bonds is 4. The average Bonchev–Trinajstić information content (AvgIpc) is 3.06. The highest BCUT2D eigenvalue weighted by Gasteiger charge is 2.56. The van der Waals surface area contributed by atoms with Gasteiger partial charge in [-0.1, -0.05) is 20.8 Å². The van der Waals surface area contributed by atoms with Crippen LogP contribution in [0.3, 0.4) is 0 Å². The summed E-state index contributed by atoms with van der Waals surface area (Å²) in [6.07, 6.45) is 3.75. The van der Waals surface area contributed by atoms with E-state index in [-0.39, 0.29) is 30.3 Å². The highest BCUT2D eigenvalue weighted by Crippen LogP contribution is 2.46. The third-order valence-corrected chi connectivity index (χ3v) is 4.97. The van der Waals surface area contributed by atoms with Crippen LogP contribution in [0.25, 0.3) is 0 Å². The van der Waals surface area contributed by atoms with E-state index in [1.54, 1.807) is 12.1 Å². The lowest BCUT2D eigenvalue weighted by Crippen LogP contribution is -2.54. The van der Waals surface area contributed by atoms with Gasteiger partial charge in [0.05, 0.1) is 12.8 Å². The summed E-state index contributed by atoms with van der Waals surface area (Å²) in [6.45, 7) is 6.28. The molecule has 1 saturated carbocycles. The molecule has 25 heavy (non-hydrogen) atoms. The molecule has 1 aromatic heterocycles. The van der Waals surface area contributed by atoms with Crippen LogP contribution in [-0.4, -0.2) is 34.8 Å². The Hall–Kier alpha value is -2.31. The van der Waals surface area contributed by atoms with Crippen molar-refractivity contribution in [2.75, 3.05) is 6.54 Å². The largest absolute Gasteiger partial charge is 0.467 e. The molecule has 4 amide bonds. The molecule has 2 heterocycles. The van der Waals surface area contributed by atoms with E-state index < -0.39 is 11.6 Å². The molecule has 2 fully saturated rings. The number of urea groups is 1. The Morgan fingerprint density at radius 1 is 1.40 bits per heavy atom. The fourth-order valence-electron chi connectivity index (χ4n) is 4.45. The number of hydrogen-bond acceptors (Lipinski definition) is 4. The molecule has 2 aliphatic rings. The lowest BCUT2D eigenvalue weighted by Gasteiger charge is -2.43. The molecule has 136 valence electrons. The van der Waals surface area contributed by atoms with Crippen LogP contribution in [-0.2, 0) is 16.1 Å². The van der Waals surface area contributed by atoms with Crippen LogP contribution >= 0.6 is 0 Å². The predicted molar refractivity (Wildman–Crippen MR) is 90.3 cm³/mol. The van der Waals surface area contributed by atoms with Crippen molar-refractivity contribution in [3.8, 4) is 0 Å². The normalized spacial score (nSPS) is 28.3. The number of carbonyl (C=O) groups excluding carboxylic acids is 3. The van der Waals surface area contributed by atoms with Gasteiger partial charge in [0.1, 0.15) is 17.8 Å². The molecule has 1 aliphatic heterocycles. The quantitative estimate of drug-likeness (QED) is 0.815. The molecule has 7 nitrogen and oxygen atoms in total. The molecule has 3 rings (SSSR count). The number of nitrogens with one attached hydrogen (secondary N) is 2. The molecule has 1 aliphatic carbocycles. The van der Waals surface area contributed by atoms with Crippen LogP contribution in [0.2, 0.25) is 0 Å². The zero-order valence-corrected chi connectivity index (χ0v) is 14.9. The summed E-state index contributed by atoms with van der Waals surface area (Å²) in [6, 6.07) is 2.99. The third kappa shape index (κ3) is 3.55. The van der Waals surface area contributed by atoms with Gasteiger partial charge in [-0.05, 0) is 42.7 Å². The minimum Gasteiger partial charge on any atom is -0.467 e. The third-order valence-electron chi connectivity index (χ3n) is 4.97. The van der Waals surface area contributed by atoms with Gasteiger partial charge in [-0.15, -0.1) is 0 Å². The number of amides is 4. The van der Waals surface area contributed by atoms with Gasteiger partial charge < -0.3 is 15.1 Å². The highest BCUT2D eigenvalue weighted by atomic mass is 16.3. The molecular formula is C18H25N3O4. The van der Waals surface area contributed by atoms with Crippen molar-refractivity contribution < 1.29 is 18.8 Å². The van der Waals surface area contributed by atoms with Crippen LogP contribution in [0.5, 0.6) is 0 Å². The van der Waals surface area contributed by atoms with Gasteiger partial charge in [-0.25, -0.2) is 4.79 Å². The standard InChI is InChI=1S/C18H25N3O4/c1-12-7-17(2,3)11-18(8-12)15(23)21(16(24)20-18)10-14(22)19-9-13-5-4-6-25-13/h4-6,12H,7-11H2,1-3H3,(H,19,22)(H,20,24). The van der Waals surface area contributed by atoms with E-state index in [1.807, 2.05) is 0 Å². The van der Waals surface area contributed by atoms with Crippen LogP contribution < -0.4 is 10.6 Å². The number of carbonyl (C=O) groups is 3. The van der Waals surface area contributed by atoms with Crippen molar-refractivity contribution in [3.05, 3.63) is 24.2 Å². The summed E-state index contributed by atoms with van der Waals surface area (Å²) >= 11 is 0. The first kappa shape index (κ1) is 17.5. The van der Waals surface area contributed by atoms with Crippen molar-refractivity contribution in [3.63, 3.8) is 0 Å². The summed E-state index contributed by atoms with van der Waals surface area (Å²) in [7, 11) is 0. The van der Waals surface area contributed by atoms with Gasteiger partial charge in [0.25, 0.3) is 5.91 Å². The zero-order chi connectivity index (χ0) is 18.2. The van der Waals surface area contributed by atoms with Crippen molar-refractivity contribution in [1.29, 1.82) is 0 Å². The van der Waals surface area contributed by atoms with Crippen LogP contribution in [0.4, 0.5) is 4.79 Å². The summed E-state index contributed by atoms with van der Waals surface area (Å²) in [5.41, 5.74) is -0.905. The maximum absolute atomic E-state index is 12.9. The van der Waals surface area contributed by atoms with Gasteiger partial charge >= 0.3 is 6.03 Å². The van der Waals surface area contributed by atoms with Gasteiger partial charge in [0.15, 0.2) is 0 Å². The Morgan fingerprint density at radius 3 is 2.80 bits per heavy atom. The minimum absolute atomic E-state index is 0.0296. The minimum atomic E-state index is -0.875. The predicted octanol–water partition coefficient (Wildman–Crippen LogP) is 2.03. The van der Waals surface area contributed by atoms with E-state index in [2.05, 4.69) is 31.4 Å². The maximum atomic E-state index is 12.9. The molecule has 2 unspecified atom stereocenters. The molecule has 1 spiro atoms. The maximum Gasteiger partial charge on any atom is 0.325 e. The first-order valence-electron chi connectivity index (χ1n) is 8.64. The van der Waals surface area contributed by atoms with E-state index in [0.29, 0.717) is 24.5 Å². The van der Waals surface area contributed by atoms with E-state index in [4.69, 9.17) is 4.42 Å². The second-order valence-electron chi connectivity index (χ2n) is 8.11. The second kappa shape index (κ2) is 6.20. The zero-order valence-electron chi connectivity index (χ0n) is 14.9. The van der Waals surface area contributed by atoms with Gasteiger partial charge in [0, 0.05) is 0 Å². The molecule has 7 heteroatoms. The van der Waals surface area contributed by atoms with E-state index >= 15 is 0 Å². The molecule has 1 saturated heterocycles. The Labute approximate surface area is 147 Å². The van der Waals surface area contributed by atoms with E-state index in [1.165, 1.54) is 6.26 Å². The number of imide groups is 1. The van der Waals surface area contributed by atoms with Crippen LogP contribution in [0.15, 0.2) is 22.8 Å². The average molecular weight is 347 g/mol. The molecule has 1 aromatic rings. The summed E-state index contributed by atoms with van der Waals surface area (Å²) in [5.74, 6) is 0.274. The summed E-state index contributed by atoms with van der Waals surface area (Å²) in [4.78, 5) is 38.4. The van der Waals surface area contributed by atoms with Crippen molar-refractivity contribution in [2.45, 2.75) is 52.1 Å². The molecule has 0 bridgehead atoms. The Balaban J connectivity index is 1.66. The van der Waals surface area contributed by atoms with Crippen LogP contribution in [0.1, 0.15) is 45.8 Å². The van der Waals surface area contributed by atoms with Gasteiger partial charge in [-0.3, -0.25) is 14.5 Å². The smallest absolute Gasteiger partial charge is 0.325 e. The van der Waals surface area contributed by atoms with E-state index in [9.17, 15) is 14.4 Å². The fraction of sp³-hybridized carbons (Fsp3) is 0.611. The lowest BCUT2D eigenvalue weighted by molar-refractivity contribution is -0.137. The van der Waals surface area contributed by atoms with Crippen molar-refractivity contribution in [1.82, 2.24) is 15.5 Å². The monoisotopic (exact) mass is 347 g/mol. The summed E-state index contributed by atoms with van der Waals surface area (Å²) in [5, 5.41) is 5.53. The van der Waals surface area contributed by atoms with Gasteiger partial charge in [-0.2, -0.15) is 0 Å². The first-order chi connectivity index (χ1) is 11.7. The number of hydrogen-bond donors (Lipinski definition) is 2. The Kier molecular flexibility index (Phi) is 4.34. The van der Waals surface area contributed by atoms with Crippen molar-refractivity contribution >= 4 is 17.8 Å². The SMILES string of the molecule is CC1CC(C)(C)CC2(C1)NC(=O)N(CC(=O)NCc1ccco1)C2=O. The Bertz CT molecular complexity index is 683. The van der Waals surface area contributed by atoms with Crippen LogP contribution in [0, 0.1) is 11.3 Å². The first-order valence-corrected chi connectivity index (χ1v) is 8.64. The second-order valence-corrected chi connectivity index (χ2v) is 8.11. The topological polar surface area (TPSA) is 91.7 Å². The molecule has 0 aromatic carbocycles. The number of nitrogens with zero attached hydrogens (tertiary/aromatic N) is 1. The van der Waals surface area contributed by atoms with Gasteiger partial charge in [0.2, 0.25) is 5.91 Å². The Morgan fingerprint density at radius 2 is 2.16 bits per heavy atom. The van der Waals surface area contributed by atoms with Crippen molar-refractivity contribution in [2.24, 2.45) is 11.3 Å². The highest BCUT2D eigenvalue weighted by molar-refractivity contribution is 6.09.